The molecule has 0 saturated carbocycles. The third-order valence-corrected chi connectivity index (χ3v) is 0.807. The van der Waals surface area contributed by atoms with Crippen molar-refractivity contribution in [2.75, 3.05) is 0 Å². The molecule has 2 N–H and O–H groups in total. The molecular weight excluding hydrogens is 186 g/mol. The average Bonchev–Trinajstić information content (AvgIpc) is 1.99. The molecule has 0 unspecified atom stereocenters. The summed E-state index contributed by atoms with van der Waals surface area (Å²) in [5, 5.41) is 19.0. The fraction of sp³-hybridized carbons (Fsp3) is 0.500. The van der Waals surface area contributed by atoms with Crippen LogP contribution in [0.4, 0.5) is 0 Å². The van der Waals surface area contributed by atoms with Crippen LogP contribution in [0.1, 0.15) is 12.8 Å². The molecule has 6 nitrogen and oxygen atoms in total. The number of hydrogen-bond acceptors (Lipinski definition) is 4. The molecule has 0 saturated heterocycles. The Bertz CT molecular complexity index is 127. The molecule has 12 heavy (non-hydrogen) atoms. The summed E-state index contributed by atoms with van der Waals surface area (Å²) in [4.78, 5) is 20.3. The number of amides is 2. The smallest absolute Gasteiger partial charge is 0.759 e. The molecule has 58 valence electrons. The predicted octanol–water partition coefficient (Wildman–Crippen LogP) is -7.00. The van der Waals surface area contributed by atoms with Crippen LogP contribution in [0.2, 0.25) is 0 Å². The zero-order valence-electron chi connectivity index (χ0n) is 7.05. The van der Waals surface area contributed by atoms with E-state index in [-0.39, 0.29) is 72.0 Å². The summed E-state index contributed by atoms with van der Waals surface area (Å²) < 4.78 is 0. The van der Waals surface area contributed by atoms with E-state index >= 15 is 0 Å². The second kappa shape index (κ2) is 11.9. The molecule has 0 rings (SSSR count). The first-order chi connectivity index (χ1) is 4.70. The van der Waals surface area contributed by atoms with Crippen molar-refractivity contribution in [3.05, 3.63) is 10.4 Å². The first-order valence-corrected chi connectivity index (χ1v) is 2.52. The van der Waals surface area contributed by atoms with Crippen LogP contribution in [0.15, 0.2) is 0 Å². The van der Waals surface area contributed by atoms with Crippen LogP contribution >= 0.6 is 0 Å². The molecule has 0 aromatic heterocycles. The van der Waals surface area contributed by atoms with Crippen molar-refractivity contribution in [1.29, 1.82) is 0 Å². The largest absolute Gasteiger partial charge is 1.00 e. The monoisotopic (exact) mass is 192 g/mol. The molecule has 0 aromatic rings. The van der Waals surface area contributed by atoms with E-state index in [9.17, 15) is 20.0 Å². The number of carbonyl (C=O) groups excluding carboxylic acids is 2. The molecule has 0 atom stereocenters. The summed E-state index contributed by atoms with van der Waals surface area (Å²) in [6.07, 6.45) is -0.505. The van der Waals surface area contributed by atoms with E-state index in [4.69, 9.17) is 0 Å². The van der Waals surface area contributed by atoms with Crippen molar-refractivity contribution in [1.82, 2.24) is 11.0 Å². The van der Waals surface area contributed by atoms with Gasteiger partial charge in [-0.1, -0.05) is 0 Å². The second-order valence-electron chi connectivity index (χ2n) is 1.55. The zero-order chi connectivity index (χ0) is 7.98. The van der Waals surface area contributed by atoms with E-state index in [1.54, 1.807) is 0 Å². The molecule has 0 aliphatic heterocycles. The van der Waals surface area contributed by atoms with Crippen molar-refractivity contribution < 1.29 is 68.7 Å². The fourth-order valence-electron chi connectivity index (χ4n) is 0.329. The summed E-state index contributed by atoms with van der Waals surface area (Å²) in [6, 6.07) is 0. The van der Waals surface area contributed by atoms with Gasteiger partial charge in [0.15, 0.2) is 0 Å². The first-order valence-electron chi connectivity index (χ1n) is 2.52. The van der Waals surface area contributed by atoms with Crippen LogP contribution in [-0.2, 0) is 9.59 Å². The molecule has 2 amide bonds. The normalized spacial score (nSPS) is 7.17. The Labute approximate surface area is 114 Å². The third kappa shape index (κ3) is 10.9. The van der Waals surface area contributed by atoms with Gasteiger partial charge in [-0.05, 0) is 0 Å². The van der Waals surface area contributed by atoms with Gasteiger partial charge in [-0.25, -0.2) is 0 Å². The Balaban J connectivity index is -0.000000405. The molecule has 0 aromatic carbocycles. The van der Waals surface area contributed by atoms with E-state index in [2.05, 4.69) is 0 Å². The van der Waals surface area contributed by atoms with Gasteiger partial charge in [0.25, 0.3) is 0 Å². The van der Waals surface area contributed by atoms with Crippen molar-refractivity contribution in [2.45, 2.75) is 12.8 Å². The standard InChI is InChI=1S/C4H6N2O4.2Na/c7-3(5-9)1-2-4(8)6-10;;/h1-2H2,(H2-2,5,6,7,8,9,10);;/q-2;2*+1. The molecule has 8 heteroatoms. The minimum Gasteiger partial charge on any atom is -0.759 e. The van der Waals surface area contributed by atoms with Gasteiger partial charge < -0.3 is 21.4 Å². The number of carbonyl (C=O) groups is 2. The third-order valence-electron chi connectivity index (χ3n) is 0.807. The minimum absolute atomic E-state index is 0. The quantitative estimate of drug-likeness (QED) is 0.342. The van der Waals surface area contributed by atoms with Gasteiger partial charge in [0.1, 0.15) is 0 Å². The average molecular weight is 192 g/mol. The van der Waals surface area contributed by atoms with E-state index in [1.165, 1.54) is 0 Å². The minimum atomic E-state index is -0.802. The molecule has 0 bridgehead atoms. The maximum Gasteiger partial charge on any atom is 1.00 e. The number of rotatable bonds is 3. The molecule has 0 heterocycles. The topological polar surface area (TPSA) is 104 Å². The maximum atomic E-state index is 10.1. The van der Waals surface area contributed by atoms with Crippen molar-refractivity contribution in [3.63, 3.8) is 0 Å². The van der Waals surface area contributed by atoms with Gasteiger partial charge in [-0.2, -0.15) is 0 Å². The molecule has 0 aliphatic rings. The number of nitrogens with one attached hydrogen (secondary N) is 2. The van der Waals surface area contributed by atoms with Gasteiger partial charge in [0.2, 0.25) is 11.8 Å². The summed E-state index contributed by atoms with van der Waals surface area (Å²) >= 11 is 0. The summed E-state index contributed by atoms with van der Waals surface area (Å²) in [7, 11) is 0. The van der Waals surface area contributed by atoms with E-state index < -0.39 is 11.8 Å². The molecule has 0 spiro atoms. The number of hydroxylamine groups is 2. The van der Waals surface area contributed by atoms with Crippen LogP contribution in [-0.4, -0.2) is 11.8 Å². The Kier molecular flexibility index (Phi) is 18.4. The Morgan fingerprint density at radius 1 is 0.917 bits per heavy atom. The Morgan fingerprint density at radius 2 is 1.17 bits per heavy atom. The van der Waals surface area contributed by atoms with E-state index in [0.29, 0.717) is 0 Å². The van der Waals surface area contributed by atoms with Crippen molar-refractivity contribution in [2.24, 2.45) is 0 Å². The van der Waals surface area contributed by atoms with Crippen LogP contribution in [0.5, 0.6) is 0 Å². The Morgan fingerprint density at radius 3 is 1.33 bits per heavy atom. The second-order valence-corrected chi connectivity index (χ2v) is 1.55. The van der Waals surface area contributed by atoms with Crippen LogP contribution in [0.3, 0.4) is 0 Å². The fourth-order valence-corrected chi connectivity index (χ4v) is 0.329. The molecule has 0 fully saturated rings. The SMILES string of the molecule is O=C(CCC(=O)N[O-])N[O-].[Na+].[Na+]. The summed E-state index contributed by atoms with van der Waals surface area (Å²) in [5.74, 6) is -1.60. The van der Waals surface area contributed by atoms with Crippen LogP contribution in [0, 0.1) is 10.4 Å². The summed E-state index contributed by atoms with van der Waals surface area (Å²) in [5.41, 5.74) is 2.15. The van der Waals surface area contributed by atoms with Crippen molar-refractivity contribution >= 4 is 11.8 Å². The molecule has 0 aliphatic carbocycles. The van der Waals surface area contributed by atoms with Crippen LogP contribution < -0.4 is 70.1 Å². The van der Waals surface area contributed by atoms with Gasteiger partial charge in [0, 0.05) is 12.8 Å². The predicted molar refractivity (Wildman–Crippen MR) is 32.3 cm³/mol. The van der Waals surface area contributed by atoms with Gasteiger partial charge in [0.05, 0.1) is 0 Å². The first kappa shape index (κ1) is 18.6. The van der Waals surface area contributed by atoms with Gasteiger partial charge >= 0.3 is 59.1 Å². The van der Waals surface area contributed by atoms with Crippen LogP contribution in [0.25, 0.3) is 0 Å². The van der Waals surface area contributed by atoms with E-state index in [0.717, 1.165) is 11.0 Å². The zero-order valence-corrected chi connectivity index (χ0v) is 11.0. The van der Waals surface area contributed by atoms with Gasteiger partial charge in [-0.3, -0.25) is 9.59 Å². The van der Waals surface area contributed by atoms with E-state index in [1.807, 2.05) is 0 Å². The number of hydrogen-bond donors (Lipinski definition) is 2. The molecule has 0 radical (unpaired) electrons. The summed E-state index contributed by atoms with van der Waals surface area (Å²) in [6.45, 7) is 0. The van der Waals surface area contributed by atoms with Crippen molar-refractivity contribution in [3.8, 4) is 0 Å². The molecular formula is C4H6N2Na2O4. The maximum absolute atomic E-state index is 10.1. The van der Waals surface area contributed by atoms with Gasteiger partial charge in [-0.15, -0.1) is 0 Å². The Hall–Kier alpha value is 0.860.